The Kier molecular flexibility index (Phi) is 15.9. The van der Waals surface area contributed by atoms with Gasteiger partial charge in [-0.2, -0.15) is 0 Å². The van der Waals surface area contributed by atoms with Crippen LogP contribution < -0.4 is 0 Å². The van der Waals surface area contributed by atoms with Crippen molar-refractivity contribution in [2.75, 3.05) is 6.54 Å². The molecule has 0 heterocycles. The fraction of sp³-hybridized carbons (Fsp3) is 0.833. The molecular weight excluding hydrogens is 294 g/mol. The summed E-state index contributed by atoms with van der Waals surface area (Å²) in [6.07, 6.45) is 18.8. The van der Waals surface area contributed by atoms with Gasteiger partial charge in [0.2, 0.25) is 6.54 Å². The van der Waals surface area contributed by atoms with Crippen molar-refractivity contribution < 1.29 is 14.8 Å². The van der Waals surface area contributed by atoms with Crippen LogP contribution in [0.1, 0.15) is 89.9 Å². The van der Waals surface area contributed by atoms with Gasteiger partial charge >= 0.3 is 5.97 Å². The Labute approximate surface area is 140 Å². The van der Waals surface area contributed by atoms with Crippen LogP contribution in [0.15, 0.2) is 12.2 Å². The van der Waals surface area contributed by atoms with E-state index in [1.54, 1.807) is 0 Å². The second-order valence-corrected chi connectivity index (χ2v) is 6.14. The average molecular weight is 327 g/mol. The number of carbonyl (C=O) groups is 1. The smallest absolute Gasteiger partial charge is 0.303 e. The molecule has 5 heteroatoms. The molecule has 0 aromatic carbocycles. The molecule has 0 saturated heterocycles. The molecule has 0 fully saturated rings. The summed E-state index contributed by atoms with van der Waals surface area (Å²) in [5.74, 6) is -0.703. The Morgan fingerprint density at radius 1 is 0.783 bits per heavy atom. The molecule has 0 unspecified atom stereocenters. The third-order valence-electron chi connectivity index (χ3n) is 3.89. The van der Waals surface area contributed by atoms with Crippen LogP contribution in [-0.4, -0.2) is 22.5 Å². The Morgan fingerprint density at radius 2 is 1.22 bits per heavy atom. The van der Waals surface area contributed by atoms with Gasteiger partial charge in [0.15, 0.2) is 0 Å². The molecule has 0 aromatic rings. The van der Waals surface area contributed by atoms with Crippen LogP contribution in [-0.2, 0) is 4.79 Å². The van der Waals surface area contributed by atoms with Crippen LogP contribution >= 0.6 is 0 Å². The highest BCUT2D eigenvalue weighted by Gasteiger charge is 1.97. The summed E-state index contributed by atoms with van der Waals surface area (Å²) in [6.45, 7) is 0.118. The van der Waals surface area contributed by atoms with Gasteiger partial charge < -0.3 is 5.11 Å². The summed E-state index contributed by atoms with van der Waals surface area (Å²) in [7, 11) is 0. The zero-order valence-corrected chi connectivity index (χ0v) is 14.4. The van der Waals surface area contributed by atoms with E-state index >= 15 is 0 Å². The summed E-state index contributed by atoms with van der Waals surface area (Å²) < 4.78 is 0. The number of unbranched alkanes of at least 4 members (excludes halogenated alkanes) is 11. The summed E-state index contributed by atoms with van der Waals surface area (Å²) in [5.41, 5.74) is 0. The molecule has 0 bridgehead atoms. The molecule has 134 valence electrons. The van der Waals surface area contributed by atoms with Crippen molar-refractivity contribution in [3.8, 4) is 0 Å². The standard InChI is InChI=1S/C18H33NO4/c20-18(21)16-14-12-10-8-6-4-2-1-3-5-7-9-11-13-15-17-19(22)23/h6,8H,1-5,7,9-17H2,(H,20,21). The quantitative estimate of drug-likeness (QED) is 0.169. The first-order valence-electron chi connectivity index (χ1n) is 9.11. The number of nitro groups is 1. The summed E-state index contributed by atoms with van der Waals surface area (Å²) in [6, 6.07) is 0. The highest BCUT2D eigenvalue weighted by Crippen LogP contribution is 2.11. The second kappa shape index (κ2) is 17.0. The predicted octanol–water partition coefficient (Wildman–Crippen LogP) is 5.37. The van der Waals surface area contributed by atoms with Crippen LogP contribution in [0.5, 0.6) is 0 Å². The number of hydrogen-bond acceptors (Lipinski definition) is 3. The van der Waals surface area contributed by atoms with Crippen LogP contribution in [0.4, 0.5) is 0 Å². The Morgan fingerprint density at radius 3 is 1.70 bits per heavy atom. The molecule has 0 atom stereocenters. The van der Waals surface area contributed by atoms with Gasteiger partial charge in [-0.3, -0.25) is 14.9 Å². The molecular formula is C18H33NO4. The van der Waals surface area contributed by atoms with Crippen LogP contribution in [0.3, 0.4) is 0 Å². The van der Waals surface area contributed by atoms with E-state index in [1.165, 1.54) is 38.5 Å². The Balaban J connectivity index is 3.10. The van der Waals surface area contributed by atoms with Gasteiger partial charge in [-0.25, -0.2) is 0 Å². The Hall–Kier alpha value is -1.39. The molecule has 1 N–H and O–H groups in total. The Bertz CT molecular complexity index is 329. The van der Waals surface area contributed by atoms with E-state index in [1.807, 2.05) is 0 Å². The molecule has 0 saturated carbocycles. The normalized spacial score (nSPS) is 11.1. The fourth-order valence-corrected chi connectivity index (χ4v) is 2.51. The molecule has 5 nitrogen and oxygen atoms in total. The van der Waals surface area contributed by atoms with Gasteiger partial charge in [0.05, 0.1) is 0 Å². The van der Waals surface area contributed by atoms with Crippen molar-refractivity contribution in [2.45, 2.75) is 89.9 Å². The molecule has 23 heavy (non-hydrogen) atoms. The SMILES string of the molecule is O=C(O)CCCCC=CCCCCCCCCCCC[N+](=O)[O-]. The molecule has 0 aliphatic carbocycles. The van der Waals surface area contributed by atoms with Gasteiger partial charge in [0.25, 0.3) is 0 Å². The molecule has 0 radical (unpaired) electrons. The van der Waals surface area contributed by atoms with Gasteiger partial charge in [-0.05, 0) is 38.5 Å². The average Bonchev–Trinajstić information content (AvgIpc) is 2.49. The van der Waals surface area contributed by atoms with E-state index in [2.05, 4.69) is 12.2 Å². The van der Waals surface area contributed by atoms with Crippen LogP contribution in [0, 0.1) is 10.1 Å². The number of carboxylic acids is 1. The summed E-state index contributed by atoms with van der Waals surface area (Å²) in [5, 5.41) is 18.7. The first-order chi connectivity index (χ1) is 11.1. The molecule has 0 aromatic heterocycles. The molecule has 0 aliphatic heterocycles. The molecule has 0 amide bonds. The molecule has 0 rings (SSSR count). The lowest BCUT2D eigenvalue weighted by Gasteiger charge is -2.01. The zero-order valence-electron chi connectivity index (χ0n) is 14.4. The van der Waals surface area contributed by atoms with Gasteiger partial charge in [0.1, 0.15) is 0 Å². The highest BCUT2D eigenvalue weighted by atomic mass is 16.6. The minimum Gasteiger partial charge on any atom is -0.481 e. The maximum Gasteiger partial charge on any atom is 0.303 e. The van der Waals surface area contributed by atoms with Crippen LogP contribution in [0.25, 0.3) is 0 Å². The number of nitrogens with zero attached hydrogens (tertiary/aromatic N) is 1. The lowest BCUT2D eigenvalue weighted by Crippen LogP contribution is -1.99. The van der Waals surface area contributed by atoms with Crippen molar-refractivity contribution in [3.63, 3.8) is 0 Å². The van der Waals surface area contributed by atoms with Crippen LogP contribution in [0.2, 0.25) is 0 Å². The van der Waals surface area contributed by atoms with Crippen molar-refractivity contribution in [1.82, 2.24) is 0 Å². The summed E-state index contributed by atoms with van der Waals surface area (Å²) >= 11 is 0. The second-order valence-electron chi connectivity index (χ2n) is 6.14. The zero-order chi connectivity index (χ0) is 17.2. The number of hydrogen-bond donors (Lipinski definition) is 1. The van der Waals surface area contributed by atoms with Crippen molar-refractivity contribution >= 4 is 5.97 Å². The van der Waals surface area contributed by atoms with Gasteiger partial charge in [-0.1, -0.05) is 50.7 Å². The van der Waals surface area contributed by atoms with Crippen molar-refractivity contribution in [2.24, 2.45) is 0 Å². The van der Waals surface area contributed by atoms with Crippen molar-refractivity contribution in [1.29, 1.82) is 0 Å². The monoisotopic (exact) mass is 327 g/mol. The van der Waals surface area contributed by atoms with E-state index in [-0.39, 0.29) is 17.9 Å². The van der Waals surface area contributed by atoms with Crippen molar-refractivity contribution in [3.05, 3.63) is 22.3 Å². The first kappa shape index (κ1) is 21.6. The third-order valence-corrected chi connectivity index (χ3v) is 3.89. The number of carboxylic acid groups (broad SMARTS) is 1. The van der Waals surface area contributed by atoms with Gasteiger partial charge in [0, 0.05) is 17.8 Å². The van der Waals surface area contributed by atoms with E-state index in [4.69, 9.17) is 5.11 Å². The minimum atomic E-state index is -0.703. The maximum atomic E-state index is 10.3. The topological polar surface area (TPSA) is 80.4 Å². The maximum absolute atomic E-state index is 10.3. The lowest BCUT2D eigenvalue weighted by atomic mass is 10.1. The van der Waals surface area contributed by atoms with E-state index in [0.29, 0.717) is 0 Å². The third kappa shape index (κ3) is 20.6. The molecule has 0 aliphatic rings. The van der Waals surface area contributed by atoms with E-state index < -0.39 is 5.97 Å². The lowest BCUT2D eigenvalue weighted by molar-refractivity contribution is -0.480. The number of allylic oxidation sites excluding steroid dienone is 2. The largest absolute Gasteiger partial charge is 0.481 e. The highest BCUT2D eigenvalue weighted by molar-refractivity contribution is 5.66. The summed E-state index contributed by atoms with van der Waals surface area (Å²) in [4.78, 5) is 20.2. The fourth-order valence-electron chi connectivity index (χ4n) is 2.51. The minimum absolute atomic E-state index is 0.118. The number of rotatable bonds is 17. The number of aliphatic carboxylic acids is 1. The first-order valence-corrected chi connectivity index (χ1v) is 9.11. The predicted molar refractivity (Wildman–Crippen MR) is 93.3 cm³/mol. The van der Waals surface area contributed by atoms with E-state index in [9.17, 15) is 14.9 Å². The molecule has 0 spiro atoms. The van der Waals surface area contributed by atoms with E-state index in [0.717, 1.165) is 44.9 Å². The van der Waals surface area contributed by atoms with Gasteiger partial charge in [-0.15, -0.1) is 0 Å².